The minimum Gasteiger partial charge on any atom is -0.477 e. The van der Waals surface area contributed by atoms with E-state index in [0.29, 0.717) is 62.9 Å². The zero-order valence-electron chi connectivity index (χ0n) is 40.6. The minimum atomic E-state index is -5.47. The average Bonchev–Trinajstić information content (AvgIpc) is 3.99. The van der Waals surface area contributed by atoms with E-state index in [1.165, 1.54) is 24.3 Å². The number of aromatic amines is 1. The number of alkyl halides is 4. The Labute approximate surface area is 408 Å². The van der Waals surface area contributed by atoms with Crippen molar-refractivity contribution in [2.24, 2.45) is 11.8 Å². The molecular formula is C50H60F4N8O9. The summed E-state index contributed by atoms with van der Waals surface area (Å²) in [5.41, 5.74) is 2.75. The normalized spacial score (nSPS) is 18.0. The van der Waals surface area contributed by atoms with Crippen LogP contribution < -0.4 is 21.3 Å². The van der Waals surface area contributed by atoms with E-state index in [4.69, 9.17) is 14.6 Å². The van der Waals surface area contributed by atoms with Gasteiger partial charge >= 0.3 is 30.0 Å². The first-order valence-corrected chi connectivity index (χ1v) is 23.3. The third kappa shape index (κ3) is 13.8. The van der Waals surface area contributed by atoms with Crippen molar-refractivity contribution in [3.63, 3.8) is 0 Å². The van der Waals surface area contributed by atoms with Gasteiger partial charge in [-0.2, -0.15) is 17.6 Å². The number of aromatic nitrogens is 3. The number of carbonyl (C=O) groups is 6. The summed E-state index contributed by atoms with van der Waals surface area (Å²) in [6, 6.07) is 16.9. The molecule has 1 saturated heterocycles. The van der Waals surface area contributed by atoms with Crippen LogP contribution in [0.25, 0.3) is 22.5 Å². The zero-order valence-corrected chi connectivity index (χ0v) is 40.6. The molecule has 3 aromatic carbocycles. The lowest BCUT2D eigenvalue weighted by Gasteiger charge is -2.29. The number of rotatable bonds is 15. The largest absolute Gasteiger partial charge is 0.477 e. The number of alkyl carbamates (subject to hydrolysis) is 1. The van der Waals surface area contributed by atoms with E-state index in [-0.39, 0.29) is 47.3 Å². The van der Waals surface area contributed by atoms with Crippen LogP contribution in [0, 0.1) is 18.8 Å². The maximum Gasteiger partial charge on any atom is 0.411 e. The van der Waals surface area contributed by atoms with E-state index in [1.54, 1.807) is 58.6 Å². The molecule has 2 atom stereocenters. The number of benzene rings is 3. The van der Waals surface area contributed by atoms with Crippen LogP contribution in [0.4, 0.5) is 32.8 Å². The summed E-state index contributed by atoms with van der Waals surface area (Å²) in [5, 5.41) is 26.7. The van der Waals surface area contributed by atoms with E-state index < -0.39 is 64.9 Å². The molecule has 0 bridgehead atoms. The molecule has 2 aliphatic rings. The molecule has 17 nitrogen and oxygen atoms in total. The van der Waals surface area contributed by atoms with Crippen molar-refractivity contribution in [3.05, 3.63) is 89.2 Å². The Balaban J connectivity index is 1.12. The maximum absolute atomic E-state index is 14.4. The van der Waals surface area contributed by atoms with Crippen molar-refractivity contribution in [2.75, 3.05) is 25.0 Å². The van der Waals surface area contributed by atoms with Gasteiger partial charge in [-0.05, 0) is 145 Å². The standard InChI is InChI=1S/C50H60F4N8O9/c1-28-24-34(41(64)57-36-22-23-62(27-36)46(69)71-48(5,6)7)18-21-37(28)31-12-8-29(9-13-31)25-38(58-40(63)33-14-10-30(11-15-33)26-55-45(68)70-47(2,3)4)42(65)56-35-19-16-32(17-20-35)39-59-43(61-60-39)49(51,52)50(53,54)44(66)67/h8-9,12-13,16-21,24,30,33,36,38H,10-11,14-15,22-23,25-27H2,1-7H3,(H,55,68)(H,56,65)(H,57,64)(H,58,63)(H,66,67)(H,59,60,61)/t30-,33-,36-,38-/m0/s1. The number of hydrogen-bond acceptors (Lipinski definition) is 10. The smallest absolute Gasteiger partial charge is 0.411 e. The Morgan fingerprint density at radius 3 is 2.06 bits per heavy atom. The Bertz CT molecular complexity index is 2590. The molecule has 4 aromatic rings. The SMILES string of the molecule is Cc1cc(C(=O)N[C@H]2CCN(C(=O)OC(C)(C)C)C2)ccc1-c1ccc(C[C@H](NC(=O)[C@H]2CC[C@H](CNC(=O)OC(C)(C)C)CC2)C(=O)Nc2ccc(-c3nnc(C(F)(F)C(F)(F)C(=O)O)[nH]3)cc2)cc1. The number of anilines is 1. The average molecular weight is 993 g/mol. The third-order valence-corrected chi connectivity index (χ3v) is 12.0. The van der Waals surface area contributed by atoms with Crippen molar-refractivity contribution in [2.45, 2.75) is 122 Å². The number of carboxylic acid groups (broad SMARTS) is 1. The summed E-state index contributed by atoms with van der Waals surface area (Å²) in [4.78, 5) is 80.2. The predicted octanol–water partition coefficient (Wildman–Crippen LogP) is 8.00. The van der Waals surface area contributed by atoms with Crippen molar-refractivity contribution in [1.29, 1.82) is 0 Å². The number of nitrogens with zero attached hydrogens (tertiary/aromatic N) is 3. The van der Waals surface area contributed by atoms with Gasteiger partial charge in [-0.1, -0.05) is 30.3 Å². The monoisotopic (exact) mass is 992 g/mol. The number of halogens is 4. The van der Waals surface area contributed by atoms with Gasteiger partial charge in [-0.3, -0.25) is 14.4 Å². The molecule has 0 unspecified atom stereocenters. The number of carbonyl (C=O) groups excluding carboxylic acids is 5. The molecule has 0 radical (unpaired) electrons. The second kappa shape index (κ2) is 21.5. The Morgan fingerprint density at radius 2 is 1.45 bits per heavy atom. The molecule has 2 heterocycles. The molecule has 1 aromatic heterocycles. The Kier molecular flexibility index (Phi) is 16.2. The van der Waals surface area contributed by atoms with Gasteiger partial charge in [0.2, 0.25) is 17.6 Å². The van der Waals surface area contributed by atoms with Gasteiger partial charge in [0.25, 0.3) is 5.91 Å². The van der Waals surface area contributed by atoms with Gasteiger partial charge < -0.3 is 45.7 Å². The number of carboxylic acids is 1. The number of aliphatic carboxylic acids is 1. The summed E-state index contributed by atoms with van der Waals surface area (Å²) < 4.78 is 67.1. The predicted molar refractivity (Wildman–Crippen MR) is 253 cm³/mol. The summed E-state index contributed by atoms with van der Waals surface area (Å²) in [6.07, 6.45) is 2.09. The van der Waals surface area contributed by atoms with Gasteiger partial charge in [0.15, 0.2) is 5.82 Å². The number of ether oxygens (including phenoxy) is 2. The van der Waals surface area contributed by atoms with Crippen LogP contribution in [0.3, 0.4) is 0 Å². The van der Waals surface area contributed by atoms with Crippen LogP contribution in [0.5, 0.6) is 0 Å². The molecular weight excluding hydrogens is 933 g/mol. The summed E-state index contributed by atoms with van der Waals surface area (Å²) in [7, 11) is 0. The number of aryl methyl sites for hydroxylation is 1. The fourth-order valence-electron chi connectivity index (χ4n) is 8.25. The van der Waals surface area contributed by atoms with Crippen LogP contribution in [0.1, 0.15) is 101 Å². The lowest BCUT2D eigenvalue weighted by molar-refractivity contribution is -0.231. The molecule has 21 heteroatoms. The fraction of sp³-hybridized carbons (Fsp3) is 0.480. The second-order valence-corrected chi connectivity index (χ2v) is 20.0. The van der Waals surface area contributed by atoms with Crippen LogP contribution in [0.15, 0.2) is 66.7 Å². The van der Waals surface area contributed by atoms with Crippen molar-refractivity contribution in [3.8, 4) is 22.5 Å². The fourth-order valence-corrected chi connectivity index (χ4v) is 8.25. The van der Waals surface area contributed by atoms with Gasteiger partial charge in [0, 0.05) is 54.8 Å². The first-order valence-electron chi connectivity index (χ1n) is 23.3. The lowest BCUT2D eigenvalue weighted by Crippen LogP contribution is -2.48. The number of amides is 5. The highest BCUT2D eigenvalue weighted by molar-refractivity contribution is 5.98. The summed E-state index contributed by atoms with van der Waals surface area (Å²) in [6.45, 7) is 13.8. The lowest BCUT2D eigenvalue weighted by atomic mass is 9.81. The van der Waals surface area contributed by atoms with E-state index in [1.807, 2.05) is 42.2 Å². The maximum atomic E-state index is 14.4. The highest BCUT2D eigenvalue weighted by Gasteiger charge is 2.65. The van der Waals surface area contributed by atoms with Gasteiger partial charge in [0.05, 0.1) is 0 Å². The highest BCUT2D eigenvalue weighted by atomic mass is 19.3. The van der Waals surface area contributed by atoms with Gasteiger partial charge in [-0.25, -0.2) is 14.4 Å². The molecule has 1 saturated carbocycles. The second-order valence-electron chi connectivity index (χ2n) is 20.0. The molecule has 6 N–H and O–H groups in total. The topological polar surface area (TPSA) is 234 Å². The van der Waals surface area contributed by atoms with Crippen molar-refractivity contribution >= 4 is 41.6 Å². The van der Waals surface area contributed by atoms with Crippen LogP contribution >= 0.6 is 0 Å². The summed E-state index contributed by atoms with van der Waals surface area (Å²) >= 11 is 0. The first kappa shape index (κ1) is 53.3. The van der Waals surface area contributed by atoms with Gasteiger partial charge in [0.1, 0.15) is 17.2 Å². The zero-order chi connectivity index (χ0) is 52.1. The Hall–Kier alpha value is -7.06. The molecule has 382 valence electrons. The molecule has 5 amide bonds. The molecule has 0 spiro atoms. The Morgan fingerprint density at radius 1 is 0.817 bits per heavy atom. The van der Waals surface area contributed by atoms with Crippen LogP contribution in [-0.2, 0) is 36.2 Å². The first-order chi connectivity index (χ1) is 33.2. The molecule has 1 aliphatic carbocycles. The third-order valence-electron chi connectivity index (χ3n) is 12.0. The van der Waals surface area contributed by atoms with Gasteiger partial charge in [-0.15, -0.1) is 10.2 Å². The molecule has 71 heavy (non-hydrogen) atoms. The molecule has 6 rings (SSSR count). The molecule has 2 fully saturated rings. The van der Waals surface area contributed by atoms with Crippen LogP contribution in [-0.4, -0.2) is 110 Å². The van der Waals surface area contributed by atoms with E-state index in [9.17, 15) is 46.3 Å². The number of likely N-dealkylation sites (tertiary alicyclic amines) is 1. The van der Waals surface area contributed by atoms with Crippen molar-refractivity contribution < 1.29 is 60.9 Å². The van der Waals surface area contributed by atoms with Crippen LogP contribution in [0.2, 0.25) is 0 Å². The van der Waals surface area contributed by atoms with E-state index in [0.717, 1.165) is 16.7 Å². The van der Waals surface area contributed by atoms with E-state index in [2.05, 4.69) is 31.5 Å². The quantitative estimate of drug-likeness (QED) is 0.0625. The van der Waals surface area contributed by atoms with Crippen molar-refractivity contribution in [1.82, 2.24) is 36.0 Å². The number of hydrogen-bond donors (Lipinski definition) is 6. The van der Waals surface area contributed by atoms with E-state index >= 15 is 0 Å². The molecule has 1 aliphatic heterocycles. The highest BCUT2D eigenvalue weighted by Crippen LogP contribution is 2.42. The minimum absolute atomic E-state index is 0.0751. The number of H-pyrrole nitrogens is 1. The summed E-state index contributed by atoms with van der Waals surface area (Å²) in [5.74, 6) is -17.2. The number of nitrogens with one attached hydrogen (secondary N) is 5.